The van der Waals surface area contributed by atoms with Crippen LogP contribution in [-0.2, 0) is 4.79 Å². The number of halogens is 3. The number of nitrogens with one attached hydrogen (secondary N) is 2. The van der Waals surface area contributed by atoms with Crippen molar-refractivity contribution in [3.63, 3.8) is 0 Å². The highest BCUT2D eigenvalue weighted by atomic mass is 19.3. The second kappa shape index (κ2) is 11.1. The third-order valence-electron chi connectivity index (χ3n) is 5.58. The topological polar surface area (TPSA) is 146 Å². The van der Waals surface area contributed by atoms with Crippen LogP contribution in [0.5, 0.6) is 11.5 Å². The van der Waals surface area contributed by atoms with E-state index in [1.165, 1.54) is 49.4 Å². The molecule has 2 aromatic carbocycles. The van der Waals surface area contributed by atoms with Gasteiger partial charge in [0.1, 0.15) is 29.0 Å². The Morgan fingerprint density at radius 1 is 1.13 bits per heavy atom. The van der Waals surface area contributed by atoms with Crippen molar-refractivity contribution in [2.45, 2.75) is 6.43 Å². The van der Waals surface area contributed by atoms with Crippen molar-refractivity contribution in [1.82, 2.24) is 25.1 Å². The van der Waals surface area contributed by atoms with Crippen molar-refractivity contribution in [2.24, 2.45) is 0 Å². The number of alkyl halides is 2. The lowest BCUT2D eigenvalue weighted by Crippen LogP contribution is -2.28. The fourth-order valence-electron chi connectivity index (χ4n) is 3.84. The SMILES string of the molecule is C=C(F)C(=O)Nc1ccc(-c2nn3ncnc(N)c3c2-c2ccc(C(=O)NCC(F)F)c(OC)c2)c(OC)c1. The summed E-state index contributed by atoms with van der Waals surface area (Å²) in [6.07, 6.45) is -1.49. The van der Waals surface area contributed by atoms with E-state index in [2.05, 4.69) is 32.4 Å². The number of carbonyl (C=O) groups is 2. The quantitative estimate of drug-likeness (QED) is 0.273. The average molecular weight is 541 g/mol. The van der Waals surface area contributed by atoms with Gasteiger partial charge in [0.05, 0.1) is 26.3 Å². The summed E-state index contributed by atoms with van der Waals surface area (Å²) < 4.78 is 50.5. The Morgan fingerprint density at radius 2 is 1.87 bits per heavy atom. The fraction of sp³-hybridized carbons (Fsp3) is 0.160. The molecule has 0 fully saturated rings. The van der Waals surface area contributed by atoms with Crippen LogP contribution in [0, 0.1) is 0 Å². The van der Waals surface area contributed by atoms with Crippen molar-refractivity contribution >= 4 is 28.8 Å². The summed E-state index contributed by atoms with van der Waals surface area (Å²) in [7, 11) is 2.73. The molecule has 11 nitrogen and oxygen atoms in total. The van der Waals surface area contributed by atoms with Gasteiger partial charge in [0.15, 0.2) is 11.6 Å². The average Bonchev–Trinajstić information content (AvgIpc) is 3.31. The second-order valence-corrected chi connectivity index (χ2v) is 8.00. The monoisotopic (exact) mass is 541 g/mol. The van der Waals surface area contributed by atoms with Gasteiger partial charge in [-0.2, -0.15) is 0 Å². The summed E-state index contributed by atoms with van der Waals surface area (Å²) in [6.45, 7) is 2.16. The predicted molar refractivity (Wildman–Crippen MR) is 136 cm³/mol. The summed E-state index contributed by atoms with van der Waals surface area (Å²) >= 11 is 0. The normalized spacial score (nSPS) is 10.9. The molecule has 0 spiro atoms. The van der Waals surface area contributed by atoms with Crippen LogP contribution >= 0.6 is 0 Å². The van der Waals surface area contributed by atoms with Gasteiger partial charge in [-0.1, -0.05) is 12.6 Å². The molecule has 0 radical (unpaired) electrons. The summed E-state index contributed by atoms with van der Waals surface area (Å²) in [5.74, 6) is -2.43. The van der Waals surface area contributed by atoms with Gasteiger partial charge in [0.25, 0.3) is 18.2 Å². The lowest BCUT2D eigenvalue weighted by molar-refractivity contribution is -0.114. The van der Waals surface area contributed by atoms with E-state index in [9.17, 15) is 22.8 Å². The Kier molecular flexibility index (Phi) is 7.65. The number of aromatic nitrogens is 4. The first kappa shape index (κ1) is 26.9. The molecule has 39 heavy (non-hydrogen) atoms. The maximum atomic E-state index is 13.2. The highest BCUT2D eigenvalue weighted by Crippen LogP contribution is 2.42. The molecule has 2 amide bonds. The number of nitrogen functional groups attached to an aromatic ring is 1. The number of nitrogens with zero attached hydrogens (tertiary/aromatic N) is 4. The summed E-state index contributed by atoms with van der Waals surface area (Å²) in [5, 5.41) is 13.2. The van der Waals surface area contributed by atoms with E-state index in [1.54, 1.807) is 12.1 Å². The van der Waals surface area contributed by atoms with E-state index in [0.29, 0.717) is 27.9 Å². The van der Waals surface area contributed by atoms with E-state index in [1.807, 2.05) is 0 Å². The molecule has 4 aromatic rings. The summed E-state index contributed by atoms with van der Waals surface area (Å²) in [6, 6.07) is 9.09. The first-order chi connectivity index (χ1) is 18.6. The van der Waals surface area contributed by atoms with Crippen LogP contribution < -0.4 is 25.8 Å². The molecule has 0 unspecified atom stereocenters. The molecule has 4 rings (SSSR count). The Labute approximate surface area is 219 Å². The first-order valence-electron chi connectivity index (χ1n) is 11.2. The molecular formula is C25H22F3N7O4. The standard InChI is InChI=1S/C25H22F3N7O4/c1-12(26)24(36)33-14-5-7-15(18(9-14)39-3)21-20(22-23(29)31-11-32-35(22)34-21)13-4-6-16(17(8-13)38-2)25(37)30-10-19(27)28/h4-9,11,19H,1,10H2,2-3H3,(H,30,37)(H,33,36)(H2,29,31,32). The Morgan fingerprint density at radius 3 is 2.54 bits per heavy atom. The predicted octanol–water partition coefficient (Wildman–Crippen LogP) is 3.47. The minimum atomic E-state index is -2.71. The zero-order chi connectivity index (χ0) is 28.3. The maximum absolute atomic E-state index is 13.2. The number of fused-ring (bicyclic) bond motifs is 1. The van der Waals surface area contributed by atoms with Crippen LogP contribution in [0.3, 0.4) is 0 Å². The van der Waals surface area contributed by atoms with Gasteiger partial charge in [-0.25, -0.2) is 18.2 Å². The number of hydrogen-bond acceptors (Lipinski definition) is 8. The molecule has 202 valence electrons. The number of anilines is 2. The number of ether oxygens (including phenoxy) is 2. The molecule has 4 N–H and O–H groups in total. The smallest absolute Gasteiger partial charge is 0.283 e. The molecule has 2 aromatic heterocycles. The minimum Gasteiger partial charge on any atom is -0.496 e. The lowest BCUT2D eigenvalue weighted by Gasteiger charge is -2.13. The fourth-order valence-corrected chi connectivity index (χ4v) is 3.84. The number of benzene rings is 2. The zero-order valence-electron chi connectivity index (χ0n) is 20.7. The number of rotatable bonds is 9. The summed E-state index contributed by atoms with van der Waals surface area (Å²) in [4.78, 5) is 28.2. The second-order valence-electron chi connectivity index (χ2n) is 8.00. The molecule has 14 heteroatoms. The highest BCUT2D eigenvalue weighted by Gasteiger charge is 2.24. The molecule has 0 saturated heterocycles. The minimum absolute atomic E-state index is 0.0382. The van der Waals surface area contributed by atoms with Crippen LogP contribution in [0.1, 0.15) is 10.4 Å². The zero-order valence-corrected chi connectivity index (χ0v) is 20.7. The van der Waals surface area contributed by atoms with Gasteiger partial charge in [-0.3, -0.25) is 9.59 Å². The third-order valence-corrected chi connectivity index (χ3v) is 5.58. The van der Waals surface area contributed by atoms with E-state index in [0.717, 1.165) is 0 Å². The van der Waals surface area contributed by atoms with E-state index in [-0.39, 0.29) is 28.6 Å². The van der Waals surface area contributed by atoms with Crippen molar-refractivity contribution in [1.29, 1.82) is 0 Å². The number of carbonyl (C=O) groups excluding carboxylic acids is 2. The van der Waals surface area contributed by atoms with Gasteiger partial charge in [0.2, 0.25) is 0 Å². The van der Waals surface area contributed by atoms with Gasteiger partial charge < -0.3 is 25.8 Å². The first-order valence-corrected chi connectivity index (χ1v) is 11.2. The van der Waals surface area contributed by atoms with Crippen LogP contribution in [-0.4, -0.2) is 58.8 Å². The molecule has 0 bridgehead atoms. The van der Waals surface area contributed by atoms with E-state index >= 15 is 0 Å². The number of methoxy groups -OCH3 is 2. The van der Waals surface area contributed by atoms with Crippen molar-refractivity contribution in [3.8, 4) is 33.9 Å². The lowest BCUT2D eigenvalue weighted by atomic mass is 9.97. The Hall–Kier alpha value is -5.14. The number of amides is 2. The van der Waals surface area contributed by atoms with E-state index in [4.69, 9.17) is 15.2 Å². The van der Waals surface area contributed by atoms with Crippen molar-refractivity contribution in [2.75, 3.05) is 31.8 Å². The molecule has 0 atom stereocenters. The molecule has 0 saturated carbocycles. The van der Waals surface area contributed by atoms with Crippen LogP contribution in [0.25, 0.3) is 27.9 Å². The van der Waals surface area contributed by atoms with Gasteiger partial charge in [-0.05, 0) is 29.8 Å². The van der Waals surface area contributed by atoms with Crippen molar-refractivity contribution in [3.05, 3.63) is 60.7 Å². The molecule has 0 aliphatic carbocycles. The van der Waals surface area contributed by atoms with Crippen LogP contribution in [0.4, 0.5) is 24.7 Å². The van der Waals surface area contributed by atoms with E-state index < -0.39 is 30.6 Å². The van der Waals surface area contributed by atoms with Gasteiger partial charge >= 0.3 is 0 Å². The molecule has 0 aliphatic rings. The summed E-state index contributed by atoms with van der Waals surface area (Å²) in [5.41, 5.74) is 8.50. The van der Waals surface area contributed by atoms with Crippen molar-refractivity contribution < 1.29 is 32.2 Å². The van der Waals surface area contributed by atoms with Crippen LogP contribution in [0.2, 0.25) is 0 Å². The largest absolute Gasteiger partial charge is 0.496 e. The van der Waals surface area contributed by atoms with Crippen LogP contribution in [0.15, 0.2) is 55.1 Å². The number of hydrogen-bond donors (Lipinski definition) is 3. The molecular weight excluding hydrogens is 519 g/mol. The highest BCUT2D eigenvalue weighted by molar-refractivity contribution is 6.03. The molecule has 0 aliphatic heterocycles. The van der Waals surface area contributed by atoms with Gasteiger partial charge in [-0.15, -0.1) is 14.8 Å². The molecule has 2 heterocycles. The number of nitrogens with two attached hydrogens (primary N) is 1. The van der Waals surface area contributed by atoms with Gasteiger partial charge in [0, 0.05) is 22.9 Å². The maximum Gasteiger partial charge on any atom is 0.283 e. The third kappa shape index (κ3) is 5.44. The Balaban J connectivity index is 1.88. The Bertz CT molecular complexity index is 1590.